The molecule has 0 aromatic rings. The van der Waals surface area contributed by atoms with Crippen LogP contribution in [0.3, 0.4) is 0 Å². The van der Waals surface area contributed by atoms with Gasteiger partial charge in [0.15, 0.2) is 0 Å². The van der Waals surface area contributed by atoms with Crippen LogP contribution in [0, 0.1) is 0 Å². The van der Waals surface area contributed by atoms with E-state index in [0.29, 0.717) is 25.0 Å². The highest BCUT2D eigenvalue weighted by Crippen LogP contribution is 2.20. The van der Waals surface area contributed by atoms with Gasteiger partial charge in [0.05, 0.1) is 6.61 Å². The molecule has 0 bridgehead atoms. The lowest BCUT2D eigenvalue weighted by atomic mass is 9.99. The van der Waals surface area contributed by atoms with Gasteiger partial charge in [-0.2, -0.15) is 0 Å². The highest BCUT2D eigenvalue weighted by Gasteiger charge is 2.22. The zero-order valence-corrected chi connectivity index (χ0v) is 16.5. The van der Waals surface area contributed by atoms with Crippen LogP contribution in [0.4, 0.5) is 0 Å². The lowest BCUT2D eigenvalue weighted by Gasteiger charge is -2.25. The van der Waals surface area contributed by atoms with Crippen molar-refractivity contribution in [2.75, 3.05) is 6.61 Å². The van der Waals surface area contributed by atoms with Crippen LogP contribution in [0.25, 0.3) is 0 Å². The fraction of sp³-hybridized carbons (Fsp3) is 0.750. The average Bonchev–Trinajstić information content (AvgIpc) is 2.53. The molecule has 0 unspecified atom stereocenters. The van der Waals surface area contributed by atoms with Gasteiger partial charge in [0.25, 0.3) is 0 Å². The van der Waals surface area contributed by atoms with Gasteiger partial charge >= 0.3 is 17.9 Å². The molecular formula is C20H34O6. The predicted molar refractivity (Wildman–Crippen MR) is 99.7 cm³/mol. The quantitative estimate of drug-likeness (QED) is 0.261. The standard InChI is InChI=1S/C20H34O6/c1-16(2)19(24)26-20(3,4)14-10-6-5-7-11-15-25-18(23)13-9-8-12-17(21)22/h1,5-15H2,2-4H3,(H,21,22). The number of unbranched alkanes of at least 4 members (excludes halogenated alkanes) is 5. The minimum Gasteiger partial charge on any atom is -0.481 e. The van der Waals surface area contributed by atoms with Crippen molar-refractivity contribution in [2.45, 2.75) is 90.6 Å². The molecule has 0 amide bonds. The highest BCUT2D eigenvalue weighted by molar-refractivity contribution is 5.87. The summed E-state index contributed by atoms with van der Waals surface area (Å²) >= 11 is 0. The molecule has 0 heterocycles. The lowest BCUT2D eigenvalue weighted by Crippen LogP contribution is -2.28. The number of hydrogen-bond donors (Lipinski definition) is 1. The van der Waals surface area contributed by atoms with Crippen molar-refractivity contribution >= 4 is 17.9 Å². The van der Waals surface area contributed by atoms with Crippen LogP contribution in [0.1, 0.15) is 85.0 Å². The summed E-state index contributed by atoms with van der Waals surface area (Å²) in [5, 5.41) is 8.50. The first-order chi connectivity index (χ1) is 12.1. The van der Waals surface area contributed by atoms with E-state index in [1.165, 1.54) is 0 Å². The summed E-state index contributed by atoms with van der Waals surface area (Å²) in [7, 11) is 0. The Hall–Kier alpha value is -1.85. The lowest BCUT2D eigenvalue weighted by molar-refractivity contribution is -0.152. The molecule has 0 aliphatic carbocycles. The van der Waals surface area contributed by atoms with Gasteiger partial charge in [-0.15, -0.1) is 0 Å². The summed E-state index contributed by atoms with van der Waals surface area (Å²) in [5.41, 5.74) is -0.0684. The molecular weight excluding hydrogens is 336 g/mol. The number of carboxylic acid groups (broad SMARTS) is 1. The fourth-order valence-corrected chi connectivity index (χ4v) is 2.38. The van der Waals surface area contributed by atoms with Gasteiger partial charge < -0.3 is 14.6 Å². The van der Waals surface area contributed by atoms with E-state index in [2.05, 4.69) is 6.58 Å². The number of rotatable bonds is 15. The van der Waals surface area contributed by atoms with Crippen LogP contribution in [0.2, 0.25) is 0 Å². The van der Waals surface area contributed by atoms with Gasteiger partial charge in [-0.05, 0) is 52.9 Å². The van der Waals surface area contributed by atoms with Crippen LogP contribution in [0.15, 0.2) is 12.2 Å². The van der Waals surface area contributed by atoms with Crippen LogP contribution < -0.4 is 0 Å². The number of carbonyl (C=O) groups is 3. The number of aliphatic carboxylic acids is 1. The molecule has 0 aliphatic rings. The molecule has 0 saturated heterocycles. The van der Waals surface area contributed by atoms with E-state index < -0.39 is 11.6 Å². The van der Waals surface area contributed by atoms with Gasteiger partial charge in [0.1, 0.15) is 5.60 Å². The Morgan fingerprint density at radius 2 is 1.50 bits per heavy atom. The maximum atomic E-state index is 11.5. The highest BCUT2D eigenvalue weighted by atomic mass is 16.6. The number of hydrogen-bond acceptors (Lipinski definition) is 5. The first-order valence-corrected chi connectivity index (χ1v) is 9.40. The van der Waals surface area contributed by atoms with E-state index in [1.54, 1.807) is 6.92 Å². The van der Waals surface area contributed by atoms with Crippen molar-refractivity contribution in [3.05, 3.63) is 12.2 Å². The van der Waals surface area contributed by atoms with E-state index in [-0.39, 0.29) is 24.8 Å². The maximum Gasteiger partial charge on any atom is 0.333 e. The van der Waals surface area contributed by atoms with Crippen LogP contribution in [-0.4, -0.2) is 35.2 Å². The van der Waals surface area contributed by atoms with Gasteiger partial charge in [0.2, 0.25) is 0 Å². The summed E-state index contributed by atoms with van der Waals surface area (Å²) in [6, 6.07) is 0. The molecule has 0 spiro atoms. The van der Waals surface area contributed by atoms with Gasteiger partial charge in [-0.1, -0.05) is 25.8 Å². The summed E-state index contributed by atoms with van der Waals surface area (Å²) < 4.78 is 10.5. The van der Waals surface area contributed by atoms with Gasteiger partial charge in [0, 0.05) is 18.4 Å². The van der Waals surface area contributed by atoms with Crippen molar-refractivity contribution in [3.8, 4) is 0 Å². The third kappa shape index (κ3) is 14.5. The minimum atomic E-state index is -0.837. The SMILES string of the molecule is C=C(C)C(=O)OC(C)(C)CCCCCCCOC(=O)CCCCC(=O)O. The molecule has 0 aromatic heterocycles. The Labute approximate surface area is 156 Å². The number of esters is 2. The molecule has 0 aliphatic heterocycles. The Kier molecular flexibility index (Phi) is 12.4. The molecule has 150 valence electrons. The Balaban J connectivity index is 3.55. The van der Waals surface area contributed by atoms with Crippen molar-refractivity contribution < 1.29 is 29.0 Å². The third-order valence-corrected chi connectivity index (χ3v) is 3.93. The number of carbonyl (C=O) groups excluding carboxylic acids is 2. The fourth-order valence-electron chi connectivity index (χ4n) is 2.38. The average molecular weight is 370 g/mol. The van der Waals surface area contributed by atoms with Crippen LogP contribution in [-0.2, 0) is 23.9 Å². The molecule has 6 nitrogen and oxygen atoms in total. The smallest absolute Gasteiger partial charge is 0.333 e. The normalized spacial score (nSPS) is 11.0. The molecule has 0 aromatic carbocycles. The molecule has 0 atom stereocenters. The van der Waals surface area contributed by atoms with E-state index in [0.717, 1.165) is 38.5 Å². The predicted octanol–water partition coefficient (Wildman–Crippen LogP) is 4.41. The Morgan fingerprint density at radius 3 is 2.12 bits per heavy atom. The largest absolute Gasteiger partial charge is 0.481 e. The van der Waals surface area contributed by atoms with Gasteiger partial charge in [-0.25, -0.2) is 4.79 Å². The molecule has 6 heteroatoms. The van der Waals surface area contributed by atoms with Crippen molar-refractivity contribution in [3.63, 3.8) is 0 Å². The molecule has 1 N–H and O–H groups in total. The molecule has 0 fully saturated rings. The summed E-state index contributed by atoms with van der Waals surface area (Å²) in [6.07, 6.45) is 7.10. The first-order valence-electron chi connectivity index (χ1n) is 9.40. The second-order valence-corrected chi connectivity index (χ2v) is 7.27. The van der Waals surface area contributed by atoms with Crippen molar-refractivity contribution in [1.82, 2.24) is 0 Å². The summed E-state index contributed by atoms with van der Waals surface area (Å²) in [5.74, 6) is -1.44. The van der Waals surface area contributed by atoms with Crippen LogP contribution in [0.5, 0.6) is 0 Å². The first kappa shape index (κ1) is 24.1. The Bertz CT molecular complexity index is 467. The second-order valence-electron chi connectivity index (χ2n) is 7.27. The second kappa shape index (κ2) is 13.4. The summed E-state index contributed by atoms with van der Waals surface area (Å²) in [6.45, 7) is 9.45. The third-order valence-electron chi connectivity index (χ3n) is 3.93. The summed E-state index contributed by atoms with van der Waals surface area (Å²) in [4.78, 5) is 33.3. The molecule has 0 saturated carbocycles. The molecule has 0 rings (SSSR count). The van der Waals surface area contributed by atoms with Crippen molar-refractivity contribution in [1.29, 1.82) is 0 Å². The van der Waals surface area contributed by atoms with Gasteiger partial charge in [-0.3, -0.25) is 9.59 Å². The van der Waals surface area contributed by atoms with Crippen LogP contribution >= 0.6 is 0 Å². The van der Waals surface area contributed by atoms with E-state index in [4.69, 9.17) is 14.6 Å². The zero-order valence-electron chi connectivity index (χ0n) is 16.5. The monoisotopic (exact) mass is 370 g/mol. The zero-order chi connectivity index (χ0) is 20.0. The number of ether oxygens (including phenoxy) is 2. The number of carboxylic acids is 1. The molecule has 0 radical (unpaired) electrons. The van der Waals surface area contributed by atoms with E-state index in [1.807, 2.05) is 13.8 Å². The van der Waals surface area contributed by atoms with E-state index in [9.17, 15) is 14.4 Å². The molecule has 26 heavy (non-hydrogen) atoms. The van der Waals surface area contributed by atoms with Crippen molar-refractivity contribution in [2.24, 2.45) is 0 Å². The Morgan fingerprint density at radius 1 is 0.923 bits per heavy atom. The topological polar surface area (TPSA) is 89.9 Å². The minimum absolute atomic E-state index is 0.0937. The maximum absolute atomic E-state index is 11.5. The van der Waals surface area contributed by atoms with E-state index >= 15 is 0 Å².